The summed E-state index contributed by atoms with van der Waals surface area (Å²) in [6.07, 6.45) is 4.61. The lowest BCUT2D eigenvalue weighted by molar-refractivity contribution is 0.179. The first kappa shape index (κ1) is 20.4. The molecule has 27 heavy (non-hydrogen) atoms. The lowest BCUT2D eigenvalue weighted by atomic mass is 9.85. The van der Waals surface area contributed by atoms with Gasteiger partial charge in [0.05, 0.1) is 0 Å². The van der Waals surface area contributed by atoms with Crippen molar-refractivity contribution in [2.75, 3.05) is 12.4 Å². The van der Waals surface area contributed by atoms with Crippen molar-refractivity contribution in [1.82, 2.24) is 0 Å². The SMILES string of the molecule is C=CCSC1CCC1CO[Si](c1ccccc1)(c1ccccc1)C(C)(C)C. The van der Waals surface area contributed by atoms with Gasteiger partial charge >= 0.3 is 0 Å². The van der Waals surface area contributed by atoms with Crippen LogP contribution in [-0.2, 0) is 4.43 Å². The van der Waals surface area contributed by atoms with Gasteiger partial charge in [-0.15, -0.1) is 6.58 Å². The second-order valence-electron chi connectivity index (χ2n) is 8.47. The highest BCUT2D eigenvalue weighted by Gasteiger charge is 2.50. The summed E-state index contributed by atoms with van der Waals surface area (Å²) in [6, 6.07) is 21.9. The quantitative estimate of drug-likeness (QED) is 0.444. The molecule has 144 valence electrons. The van der Waals surface area contributed by atoms with E-state index in [1.165, 1.54) is 23.2 Å². The lowest BCUT2D eigenvalue weighted by Crippen LogP contribution is -2.67. The van der Waals surface area contributed by atoms with Crippen molar-refractivity contribution in [3.63, 3.8) is 0 Å². The molecular formula is C24H32OSSi. The Labute approximate surface area is 170 Å². The monoisotopic (exact) mass is 396 g/mol. The fraction of sp³-hybridized carbons (Fsp3) is 0.417. The van der Waals surface area contributed by atoms with Crippen LogP contribution < -0.4 is 10.4 Å². The van der Waals surface area contributed by atoms with Crippen molar-refractivity contribution >= 4 is 30.5 Å². The molecule has 0 radical (unpaired) electrons. The molecule has 1 nitrogen and oxygen atoms in total. The maximum atomic E-state index is 7.08. The normalized spacial score (nSPS) is 20.1. The summed E-state index contributed by atoms with van der Waals surface area (Å²) in [6.45, 7) is 11.8. The van der Waals surface area contributed by atoms with Crippen molar-refractivity contribution in [3.05, 3.63) is 73.3 Å². The van der Waals surface area contributed by atoms with Crippen LogP contribution in [0.2, 0.25) is 5.04 Å². The van der Waals surface area contributed by atoms with E-state index < -0.39 is 8.32 Å². The molecule has 2 unspecified atom stereocenters. The average molecular weight is 397 g/mol. The molecule has 3 heteroatoms. The van der Waals surface area contributed by atoms with Crippen molar-refractivity contribution in [2.24, 2.45) is 5.92 Å². The molecule has 1 aliphatic carbocycles. The molecule has 0 N–H and O–H groups in total. The van der Waals surface area contributed by atoms with Gasteiger partial charge in [0.2, 0.25) is 0 Å². The van der Waals surface area contributed by atoms with Crippen LogP contribution in [0.4, 0.5) is 0 Å². The fourth-order valence-corrected chi connectivity index (χ4v) is 9.93. The van der Waals surface area contributed by atoms with Crippen LogP contribution in [0.3, 0.4) is 0 Å². The van der Waals surface area contributed by atoms with Gasteiger partial charge in [-0.1, -0.05) is 87.5 Å². The van der Waals surface area contributed by atoms with Crippen molar-refractivity contribution in [3.8, 4) is 0 Å². The zero-order chi connectivity index (χ0) is 19.3. The second kappa shape index (κ2) is 8.81. The van der Waals surface area contributed by atoms with Gasteiger partial charge in [0, 0.05) is 17.6 Å². The Kier molecular flexibility index (Phi) is 6.67. The highest BCUT2D eigenvalue weighted by molar-refractivity contribution is 8.00. The van der Waals surface area contributed by atoms with Crippen LogP contribution in [0.15, 0.2) is 73.3 Å². The van der Waals surface area contributed by atoms with Crippen molar-refractivity contribution < 1.29 is 4.43 Å². The number of rotatable bonds is 8. The summed E-state index contributed by atoms with van der Waals surface area (Å²) in [4.78, 5) is 0. The van der Waals surface area contributed by atoms with Crippen LogP contribution in [-0.4, -0.2) is 25.9 Å². The highest BCUT2D eigenvalue weighted by Crippen LogP contribution is 2.41. The Morgan fingerprint density at radius 2 is 1.56 bits per heavy atom. The number of thioether (sulfide) groups is 1. The molecule has 2 atom stereocenters. The minimum absolute atomic E-state index is 0.0587. The molecule has 0 bridgehead atoms. The molecule has 3 rings (SSSR count). The molecular weight excluding hydrogens is 364 g/mol. The van der Waals surface area contributed by atoms with Crippen molar-refractivity contribution in [2.45, 2.75) is 43.9 Å². The van der Waals surface area contributed by atoms with E-state index in [4.69, 9.17) is 4.43 Å². The third-order valence-corrected chi connectivity index (χ3v) is 12.2. The largest absolute Gasteiger partial charge is 0.407 e. The van der Waals surface area contributed by atoms with E-state index in [1.807, 2.05) is 17.8 Å². The van der Waals surface area contributed by atoms with Crippen LogP contribution >= 0.6 is 11.8 Å². The van der Waals surface area contributed by atoms with Gasteiger partial charge in [-0.2, -0.15) is 11.8 Å². The molecule has 0 heterocycles. The molecule has 0 aromatic heterocycles. The van der Waals surface area contributed by atoms with Crippen LogP contribution in [0, 0.1) is 5.92 Å². The van der Waals surface area contributed by atoms with Crippen LogP contribution in [0.5, 0.6) is 0 Å². The van der Waals surface area contributed by atoms with E-state index in [1.54, 1.807) is 0 Å². The maximum Gasteiger partial charge on any atom is 0.261 e. The maximum absolute atomic E-state index is 7.08. The first-order valence-electron chi connectivity index (χ1n) is 9.96. The van der Waals surface area contributed by atoms with Gasteiger partial charge in [0.1, 0.15) is 0 Å². The Hall–Kier alpha value is -1.29. The predicted octanol–water partition coefficient (Wildman–Crippen LogP) is 5.26. The smallest absolute Gasteiger partial charge is 0.261 e. The molecule has 1 aliphatic rings. The van der Waals surface area contributed by atoms with E-state index in [0.29, 0.717) is 5.92 Å². The summed E-state index contributed by atoms with van der Waals surface area (Å²) in [5, 5.41) is 3.53. The van der Waals surface area contributed by atoms with Gasteiger partial charge in [0.25, 0.3) is 8.32 Å². The number of hydrogen-bond acceptors (Lipinski definition) is 2. The third kappa shape index (κ3) is 4.26. The Balaban J connectivity index is 1.94. The van der Waals surface area contributed by atoms with Gasteiger partial charge in [-0.05, 0) is 34.2 Å². The van der Waals surface area contributed by atoms with E-state index in [-0.39, 0.29) is 5.04 Å². The Morgan fingerprint density at radius 1 is 1.00 bits per heavy atom. The minimum Gasteiger partial charge on any atom is -0.407 e. The lowest BCUT2D eigenvalue weighted by Gasteiger charge is -2.45. The number of hydrogen-bond donors (Lipinski definition) is 0. The Morgan fingerprint density at radius 3 is 1.96 bits per heavy atom. The molecule has 0 amide bonds. The summed E-state index contributed by atoms with van der Waals surface area (Å²) >= 11 is 2.04. The minimum atomic E-state index is -2.38. The van der Waals surface area contributed by atoms with Gasteiger partial charge in [0.15, 0.2) is 0 Å². The predicted molar refractivity (Wildman–Crippen MR) is 123 cm³/mol. The topological polar surface area (TPSA) is 9.23 Å². The standard InChI is InChI=1S/C24H32OSSi/c1-5-18-26-23-17-16-20(23)19-25-27(24(2,3)4,21-12-8-6-9-13-21)22-14-10-7-11-15-22/h5-15,20,23H,1,16-19H2,2-4H3. The summed E-state index contributed by atoms with van der Waals surface area (Å²) in [7, 11) is -2.38. The summed E-state index contributed by atoms with van der Waals surface area (Å²) < 4.78 is 7.08. The molecule has 0 saturated heterocycles. The van der Waals surface area contributed by atoms with Crippen LogP contribution in [0.1, 0.15) is 33.6 Å². The zero-order valence-corrected chi connectivity index (χ0v) is 18.7. The van der Waals surface area contributed by atoms with E-state index >= 15 is 0 Å². The van der Waals surface area contributed by atoms with E-state index in [0.717, 1.165) is 17.6 Å². The first-order chi connectivity index (χ1) is 13.0. The van der Waals surface area contributed by atoms with Gasteiger partial charge in [-0.3, -0.25) is 0 Å². The molecule has 1 saturated carbocycles. The highest BCUT2D eigenvalue weighted by atomic mass is 32.2. The molecule has 2 aromatic carbocycles. The molecule has 1 fully saturated rings. The van der Waals surface area contributed by atoms with Crippen molar-refractivity contribution in [1.29, 1.82) is 0 Å². The summed E-state index contributed by atoms with van der Waals surface area (Å²) in [5.74, 6) is 1.71. The number of benzene rings is 2. The van der Waals surface area contributed by atoms with E-state index in [9.17, 15) is 0 Å². The van der Waals surface area contributed by atoms with Gasteiger partial charge < -0.3 is 4.43 Å². The molecule has 0 aliphatic heterocycles. The van der Waals surface area contributed by atoms with Gasteiger partial charge in [-0.25, -0.2) is 0 Å². The summed E-state index contributed by atoms with van der Waals surface area (Å²) in [5.41, 5.74) is 0. The molecule has 0 spiro atoms. The van der Waals surface area contributed by atoms with Crippen LogP contribution in [0.25, 0.3) is 0 Å². The Bertz CT molecular complexity index is 684. The second-order valence-corrected chi connectivity index (χ2v) is 14.1. The zero-order valence-electron chi connectivity index (χ0n) is 16.9. The molecule has 2 aromatic rings. The fourth-order valence-electron chi connectivity index (χ4n) is 4.13. The first-order valence-corrected chi connectivity index (χ1v) is 12.9. The average Bonchev–Trinajstić information content (AvgIpc) is 2.65. The third-order valence-electron chi connectivity index (χ3n) is 5.71. The van der Waals surface area contributed by atoms with E-state index in [2.05, 4.69) is 88.0 Å².